The smallest absolute Gasteiger partial charge is 0.250 e. The molecule has 0 aliphatic rings. The highest BCUT2D eigenvalue weighted by molar-refractivity contribution is 6.01. The van der Waals surface area contributed by atoms with Crippen molar-refractivity contribution in [3.63, 3.8) is 0 Å². The molecule has 4 aromatic rings. The van der Waals surface area contributed by atoms with Gasteiger partial charge in [-0.3, -0.25) is 14.4 Å². The number of Topliss-reactive ketones (excluding diaryl/α,β-unsaturated/α-hetero) is 1. The van der Waals surface area contributed by atoms with Crippen LogP contribution in [0.5, 0.6) is 11.5 Å². The van der Waals surface area contributed by atoms with Gasteiger partial charge in [0.2, 0.25) is 5.91 Å². The fourth-order valence-electron chi connectivity index (χ4n) is 4.31. The first-order valence-electron chi connectivity index (χ1n) is 14.0. The lowest BCUT2D eigenvalue weighted by Crippen LogP contribution is -2.56. The van der Waals surface area contributed by atoms with E-state index in [9.17, 15) is 14.4 Å². The van der Waals surface area contributed by atoms with Crippen molar-refractivity contribution in [3.05, 3.63) is 108 Å². The first kappa shape index (κ1) is 31.9. The van der Waals surface area contributed by atoms with Gasteiger partial charge in [-0.2, -0.15) is 0 Å². The number of aromatic nitrogens is 2. The van der Waals surface area contributed by atoms with Crippen molar-refractivity contribution in [2.24, 2.45) is 5.73 Å². The van der Waals surface area contributed by atoms with Gasteiger partial charge in [-0.25, -0.2) is 4.98 Å². The molecular weight excluding hydrogens is 562 g/mol. The van der Waals surface area contributed by atoms with Crippen LogP contribution in [0.4, 0.5) is 5.82 Å². The number of hydrogen-bond donors (Lipinski definition) is 3. The van der Waals surface area contributed by atoms with Crippen molar-refractivity contribution in [1.82, 2.24) is 14.9 Å². The summed E-state index contributed by atoms with van der Waals surface area (Å²) < 4.78 is 17.9. The largest absolute Gasteiger partial charge is 0.497 e. The Labute approximate surface area is 256 Å². The van der Waals surface area contributed by atoms with Gasteiger partial charge in [0.15, 0.2) is 11.6 Å². The van der Waals surface area contributed by atoms with Crippen molar-refractivity contribution in [1.29, 1.82) is 0 Å². The molecule has 4 N–H and O–H groups in total. The molecule has 2 atom stereocenters. The van der Waals surface area contributed by atoms with Crippen LogP contribution in [0.15, 0.2) is 91.4 Å². The van der Waals surface area contributed by atoms with E-state index in [1.54, 1.807) is 87.4 Å². The van der Waals surface area contributed by atoms with E-state index >= 15 is 0 Å². The predicted octanol–water partition coefficient (Wildman–Crippen LogP) is 3.75. The Kier molecular flexibility index (Phi) is 10.5. The summed E-state index contributed by atoms with van der Waals surface area (Å²) in [6, 6.07) is 21.6. The molecule has 1 heterocycles. The van der Waals surface area contributed by atoms with Crippen molar-refractivity contribution >= 4 is 23.4 Å². The lowest BCUT2D eigenvalue weighted by atomic mass is 9.97. The number of nitrogens with one attached hydrogen (secondary N) is 2. The normalized spacial score (nSPS) is 12.6. The summed E-state index contributed by atoms with van der Waals surface area (Å²) in [4.78, 5) is 44.2. The summed E-state index contributed by atoms with van der Waals surface area (Å²) in [5, 5.41) is 5.40. The third-order valence-corrected chi connectivity index (χ3v) is 6.81. The van der Waals surface area contributed by atoms with Gasteiger partial charge in [0.05, 0.1) is 39.3 Å². The van der Waals surface area contributed by atoms with E-state index in [1.165, 1.54) is 6.33 Å². The van der Waals surface area contributed by atoms with E-state index in [0.29, 0.717) is 22.6 Å². The Bertz CT molecular complexity index is 1550. The fraction of sp³-hybridized carbons (Fsp3) is 0.273. The highest BCUT2D eigenvalue weighted by Gasteiger charge is 2.29. The van der Waals surface area contributed by atoms with Gasteiger partial charge >= 0.3 is 0 Å². The molecule has 0 saturated heterocycles. The molecule has 44 heavy (non-hydrogen) atoms. The van der Waals surface area contributed by atoms with Crippen molar-refractivity contribution in [2.45, 2.75) is 38.1 Å². The summed E-state index contributed by atoms with van der Waals surface area (Å²) in [5.41, 5.74) is 6.81. The number of carbonyl (C=O) groups excluding carboxylic acids is 3. The Balaban J connectivity index is 1.55. The highest BCUT2D eigenvalue weighted by Crippen LogP contribution is 2.27. The number of benzene rings is 3. The first-order valence-corrected chi connectivity index (χ1v) is 14.0. The van der Waals surface area contributed by atoms with E-state index in [1.807, 2.05) is 30.3 Å². The number of nitrogens with zero attached hydrogens (tertiary/aromatic N) is 2. The lowest BCUT2D eigenvalue weighted by molar-refractivity contribution is -0.130. The lowest BCUT2D eigenvalue weighted by Gasteiger charge is -2.23. The van der Waals surface area contributed by atoms with E-state index in [2.05, 4.69) is 15.6 Å². The summed E-state index contributed by atoms with van der Waals surface area (Å²) in [6.45, 7) is 3.23. The minimum absolute atomic E-state index is 0.103. The van der Waals surface area contributed by atoms with E-state index in [-0.39, 0.29) is 24.8 Å². The van der Waals surface area contributed by atoms with Crippen LogP contribution in [-0.2, 0) is 20.9 Å². The Morgan fingerprint density at radius 2 is 1.52 bits per heavy atom. The summed E-state index contributed by atoms with van der Waals surface area (Å²) in [7, 11) is 3.12. The number of methoxy groups -OCH3 is 2. The molecule has 0 aliphatic heterocycles. The number of anilines is 1. The maximum absolute atomic E-state index is 13.8. The second-order valence-electron chi connectivity index (χ2n) is 10.7. The van der Waals surface area contributed by atoms with Gasteiger partial charge in [-0.05, 0) is 61.4 Å². The molecule has 1 aromatic heterocycles. The molecule has 230 valence electrons. The van der Waals surface area contributed by atoms with Crippen LogP contribution in [0.25, 0.3) is 0 Å². The van der Waals surface area contributed by atoms with Crippen LogP contribution in [-0.4, -0.2) is 59.6 Å². The zero-order valence-electron chi connectivity index (χ0n) is 25.2. The van der Waals surface area contributed by atoms with E-state index < -0.39 is 29.4 Å². The van der Waals surface area contributed by atoms with Crippen LogP contribution >= 0.6 is 0 Å². The average Bonchev–Trinajstić information content (AvgIpc) is 3.48. The maximum atomic E-state index is 13.8. The summed E-state index contributed by atoms with van der Waals surface area (Å²) in [5.74, 6) is 0.191. The molecule has 11 heteroatoms. The van der Waals surface area contributed by atoms with Gasteiger partial charge < -0.3 is 35.1 Å². The van der Waals surface area contributed by atoms with Crippen molar-refractivity contribution < 1.29 is 28.6 Å². The van der Waals surface area contributed by atoms with Crippen molar-refractivity contribution in [2.75, 3.05) is 26.1 Å². The molecule has 2 amide bonds. The van der Waals surface area contributed by atoms with Crippen LogP contribution in [0.1, 0.15) is 41.4 Å². The van der Waals surface area contributed by atoms with Gasteiger partial charge in [0.1, 0.15) is 23.6 Å². The summed E-state index contributed by atoms with van der Waals surface area (Å²) >= 11 is 0. The monoisotopic (exact) mass is 599 g/mol. The molecule has 4 rings (SSSR count). The van der Waals surface area contributed by atoms with Crippen LogP contribution in [0, 0.1) is 0 Å². The number of hydrogen-bond acceptors (Lipinski definition) is 8. The van der Waals surface area contributed by atoms with Gasteiger partial charge in [-0.15, -0.1) is 0 Å². The Hall–Kier alpha value is -5.00. The second kappa shape index (κ2) is 14.5. The van der Waals surface area contributed by atoms with Crippen molar-refractivity contribution in [3.8, 4) is 11.5 Å². The number of imidazole rings is 1. The fourth-order valence-corrected chi connectivity index (χ4v) is 4.31. The molecule has 11 nitrogen and oxygen atoms in total. The molecule has 0 aliphatic carbocycles. The quantitative estimate of drug-likeness (QED) is 0.186. The predicted molar refractivity (Wildman–Crippen MR) is 166 cm³/mol. The minimum Gasteiger partial charge on any atom is -0.497 e. The summed E-state index contributed by atoms with van der Waals surface area (Å²) in [6.07, 6.45) is 3.03. The number of ether oxygens (including phenoxy) is 3. The maximum Gasteiger partial charge on any atom is 0.250 e. The van der Waals surface area contributed by atoms with Gasteiger partial charge in [0, 0.05) is 11.8 Å². The van der Waals surface area contributed by atoms with E-state index in [0.717, 1.165) is 5.56 Å². The second-order valence-corrected chi connectivity index (χ2v) is 10.7. The topological polar surface area (TPSA) is 147 Å². The molecular formula is C33H37N5O6. The number of amides is 2. The third kappa shape index (κ3) is 8.30. The standard InChI is InChI=1S/C33H37N5O6/c1-33(2,34)32(41)36-27(20-44-19-22-8-6-5-7-9-22)31(40)37-28-18-38(21-35-28)29(23-10-14-25(42-3)15-11-23)30(39)24-12-16-26(43-4)17-13-24/h5-18,21,27,29H,19-20,34H2,1-4H3,(H,36,41)(H,37,40). The molecule has 0 fully saturated rings. The SMILES string of the molecule is COc1ccc(C(=O)C(c2ccc(OC)cc2)n2cnc(NC(=O)C(COCc3ccccc3)NC(=O)C(C)(C)N)c2)cc1. The van der Waals surface area contributed by atoms with Gasteiger partial charge in [0.25, 0.3) is 5.91 Å². The third-order valence-electron chi connectivity index (χ3n) is 6.81. The number of carbonyl (C=O) groups is 3. The van der Waals surface area contributed by atoms with Crippen LogP contribution in [0.2, 0.25) is 0 Å². The van der Waals surface area contributed by atoms with Gasteiger partial charge in [-0.1, -0.05) is 42.5 Å². The molecule has 0 bridgehead atoms. The zero-order valence-corrected chi connectivity index (χ0v) is 25.2. The average molecular weight is 600 g/mol. The number of ketones is 1. The van der Waals surface area contributed by atoms with Crippen LogP contribution in [0.3, 0.4) is 0 Å². The Morgan fingerprint density at radius 3 is 2.11 bits per heavy atom. The molecule has 0 spiro atoms. The Morgan fingerprint density at radius 1 is 0.909 bits per heavy atom. The molecule has 2 unspecified atom stereocenters. The van der Waals surface area contributed by atoms with E-state index in [4.69, 9.17) is 19.9 Å². The zero-order chi connectivity index (χ0) is 31.7. The minimum atomic E-state index is -1.22. The molecule has 0 saturated carbocycles. The van der Waals surface area contributed by atoms with Crippen LogP contribution < -0.4 is 25.8 Å². The number of nitrogens with two attached hydrogens (primary N) is 1. The molecule has 0 radical (unpaired) electrons. The number of rotatable bonds is 14. The highest BCUT2D eigenvalue weighted by atomic mass is 16.5. The molecule has 3 aromatic carbocycles. The first-order chi connectivity index (χ1) is 21.1.